The predicted octanol–water partition coefficient (Wildman–Crippen LogP) is 3.20. The van der Waals surface area contributed by atoms with Crippen molar-refractivity contribution >= 4 is 0 Å². The van der Waals surface area contributed by atoms with Crippen molar-refractivity contribution in [1.29, 1.82) is 0 Å². The van der Waals surface area contributed by atoms with Gasteiger partial charge >= 0.3 is 0 Å². The molecular formula is C12H25N. The van der Waals surface area contributed by atoms with E-state index in [4.69, 9.17) is 0 Å². The van der Waals surface area contributed by atoms with Crippen LogP contribution in [0.4, 0.5) is 0 Å². The fourth-order valence-corrected chi connectivity index (χ4v) is 2.55. The summed E-state index contributed by atoms with van der Waals surface area (Å²) in [5.41, 5.74) is 0. The smallest absolute Gasteiger partial charge is 0.00179 e. The lowest BCUT2D eigenvalue weighted by Crippen LogP contribution is -2.30. The molecule has 1 fully saturated rings. The number of hydrogen-bond acceptors (Lipinski definition) is 1. The molecule has 1 nitrogen and oxygen atoms in total. The molecule has 1 saturated carbocycles. The monoisotopic (exact) mass is 183 g/mol. The number of rotatable bonds is 5. The Morgan fingerprint density at radius 2 is 1.77 bits per heavy atom. The van der Waals surface area contributed by atoms with Crippen LogP contribution in [-0.4, -0.2) is 13.1 Å². The van der Waals surface area contributed by atoms with E-state index in [1.807, 2.05) is 0 Å². The van der Waals surface area contributed by atoms with Gasteiger partial charge in [0.05, 0.1) is 0 Å². The molecule has 1 N–H and O–H groups in total. The van der Waals surface area contributed by atoms with Gasteiger partial charge < -0.3 is 5.32 Å². The van der Waals surface area contributed by atoms with Gasteiger partial charge in [0, 0.05) is 0 Å². The standard InChI is InChI=1S/C12H25N/c1-3-9-13-10-12-8-6-5-7-11(12)4-2/h11-13H,3-10H2,1-2H3. The molecule has 0 aromatic carbocycles. The van der Waals surface area contributed by atoms with E-state index in [0.717, 1.165) is 11.8 Å². The lowest BCUT2D eigenvalue weighted by atomic mass is 9.78. The van der Waals surface area contributed by atoms with Crippen molar-refractivity contribution < 1.29 is 0 Å². The Balaban J connectivity index is 2.19. The summed E-state index contributed by atoms with van der Waals surface area (Å²) in [6.07, 6.45) is 8.55. The molecule has 2 unspecified atom stereocenters. The van der Waals surface area contributed by atoms with Crippen LogP contribution >= 0.6 is 0 Å². The van der Waals surface area contributed by atoms with Crippen LogP contribution in [0.25, 0.3) is 0 Å². The average molecular weight is 183 g/mol. The zero-order chi connectivity index (χ0) is 9.52. The van der Waals surface area contributed by atoms with Gasteiger partial charge in [-0.05, 0) is 37.8 Å². The maximum atomic E-state index is 3.57. The van der Waals surface area contributed by atoms with Crippen LogP contribution in [-0.2, 0) is 0 Å². The fraction of sp³-hybridized carbons (Fsp3) is 1.00. The van der Waals surface area contributed by atoms with Crippen LogP contribution in [0, 0.1) is 11.8 Å². The molecule has 1 heteroatoms. The topological polar surface area (TPSA) is 12.0 Å². The van der Waals surface area contributed by atoms with Gasteiger partial charge in [0.2, 0.25) is 0 Å². The minimum atomic E-state index is 0.977. The van der Waals surface area contributed by atoms with Crippen LogP contribution < -0.4 is 5.32 Å². The van der Waals surface area contributed by atoms with E-state index >= 15 is 0 Å². The Labute approximate surface area is 83.3 Å². The fourth-order valence-electron chi connectivity index (χ4n) is 2.55. The summed E-state index contributed by atoms with van der Waals surface area (Å²) in [6, 6.07) is 0. The normalized spacial score (nSPS) is 29.1. The summed E-state index contributed by atoms with van der Waals surface area (Å²) in [5.74, 6) is 1.99. The van der Waals surface area contributed by atoms with Gasteiger partial charge in [-0.15, -0.1) is 0 Å². The highest BCUT2D eigenvalue weighted by Crippen LogP contribution is 2.31. The maximum absolute atomic E-state index is 3.57. The molecule has 0 saturated heterocycles. The molecule has 0 radical (unpaired) electrons. The van der Waals surface area contributed by atoms with E-state index in [1.54, 1.807) is 0 Å². The van der Waals surface area contributed by atoms with E-state index in [9.17, 15) is 0 Å². The largest absolute Gasteiger partial charge is 0.316 e. The second-order valence-electron chi connectivity index (χ2n) is 4.42. The maximum Gasteiger partial charge on any atom is -0.00179 e. The summed E-state index contributed by atoms with van der Waals surface area (Å²) in [4.78, 5) is 0. The zero-order valence-electron chi connectivity index (χ0n) is 9.31. The Bertz CT molecular complexity index is 122. The second kappa shape index (κ2) is 6.42. The minimum absolute atomic E-state index is 0.977. The van der Waals surface area contributed by atoms with Gasteiger partial charge in [0.25, 0.3) is 0 Å². The second-order valence-corrected chi connectivity index (χ2v) is 4.42. The molecule has 1 rings (SSSR count). The van der Waals surface area contributed by atoms with Crippen molar-refractivity contribution in [3.8, 4) is 0 Å². The molecule has 0 bridgehead atoms. The Morgan fingerprint density at radius 1 is 1.08 bits per heavy atom. The molecule has 0 heterocycles. The van der Waals surface area contributed by atoms with Gasteiger partial charge in [0.1, 0.15) is 0 Å². The minimum Gasteiger partial charge on any atom is -0.316 e. The van der Waals surface area contributed by atoms with E-state index in [2.05, 4.69) is 19.2 Å². The van der Waals surface area contributed by atoms with Crippen LogP contribution in [0.15, 0.2) is 0 Å². The van der Waals surface area contributed by atoms with Gasteiger partial charge in [-0.3, -0.25) is 0 Å². The summed E-state index contributed by atoms with van der Waals surface area (Å²) < 4.78 is 0. The van der Waals surface area contributed by atoms with E-state index < -0.39 is 0 Å². The molecule has 0 amide bonds. The lowest BCUT2D eigenvalue weighted by molar-refractivity contribution is 0.224. The van der Waals surface area contributed by atoms with Crippen LogP contribution in [0.3, 0.4) is 0 Å². The molecule has 13 heavy (non-hydrogen) atoms. The number of nitrogens with one attached hydrogen (secondary N) is 1. The third-order valence-corrected chi connectivity index (χ3v) is 3.42. The Kier molecular flexibility index (Phi) is 5.45. The van der Waals surface area contributed by atoms with Crippen molar-refractivity contribution in [2.24, 2.45) is 11.8 Å². The highest BCUT2D eigenvalue weighted by atomic mass is 14.9. The Hall–Kier alpha value is -0.0400. The molecule has 0 aromatic rings. The molecular weight excluding hydrogens is 158 g/mol. The first-order valence-electron chi connectivity index (χ1n) is 6.09. The summed E-state index contributed by atoms with van der Waals surface area (Å²) in [5, 5.41) is 3.57. The van der Waals surface area contributed by atoms with Crippen LogP contribution in [0.1, 0.15) is 52.4 Å². The van der Waals surface area contributed by atoms with E-state index in [0.29, 0.717) is 0 Å². The zero-order valence-corrected chi connectivity index (χ0v) is 9.31. The van der Waals surface area contributed by atoms with Crippen molar-refractivity contribution in [1.82, 2.24) is 5.32 Å². The van der Waals surface area contributed by atoms with Crippen molar-refractivity contribution in [3.05, 3.63) is 0 Å². The quantitative estimate of drug-likeness (QED) is 0.645. The summed E-state index contributed by atoms with van der Waals surface area (Å²) in [7, 11) is 0. The summed E-state index contributed by atoms with van der Waals surface area (Å²) in [6.45, 7) is 7.06. The molecule has 0 aliphatic heterocycles. The third-order valence-electron chi connectivity index (χ3n) is 3.42. The van der Waals surface area contributed by atoms with E-state index in [1.165, 1.54) is 51.6 Å². The highest BCUT2D eigenvalue weighted by molar-refractivity contribution is 4.75. The molecule has 0 spiro atoms. The van der Waals surface area contributed by atoms with Gasteiger partial charge in [-0.2, -0.15) is 0 Å². The first-order valence-corrected chi connectivity index (χ1v) is 6.09. The molecule has 0 aromatic heterocycles. The van der Waals surface area contributed by atoms with Crippen molar-refractivity contribution in [2.45, 2.75) is 52.4 Å². The first-order chi connectivity index (χ1) is 6.38. The lowest BCUT2D eigenvalue weighted by Gasteiger charge is -2.31. The van der Waals surface area contributed by atoms with E-state index in [-0.39, 0.29) is 0 Å². The number of hydrogen-bond donors (Lipinski definition) is 1. The molecule has 1 aliphatic rings. The molecule has 78 valence electrons. The third kappa shape index (κ3) is 3.68. The van der Waals surface area contributed by atoms with Gasteiger partial charge in [-0.25, -0.2) is 0 Å². The highest BCUT2D eigenvalue weighted by Gasteiger charge is 2.22. The summed E-state index contributed by atoms with van der Waals surface area (Å²) >= 11 is 0. The Morgan fingerprint density at radius 3 is 2.38 bits per heavy atom. The molecule has 1 aliphatic carbocycles. The van der Waals surface area contributed by atoms with Crippen molar-refractivity contribution in [2.75, 3.05) is 13.1 Å². The first kappa shape index (κ1) is 11.0. The average Bonchev–Trinajstić information content (AvgIpc) is 2.19. The van der Waals surface area contributed by atoms with Gasteiger partial charge in [-0.1, -0.05) is 39.5 Å². The molecule has 2 atom stereocenters. The SMILES string of the molecule is CCCNCC1CCCCC1CC. The van der Waals surface area contributed by atoms with Crippen molar-refractivity contribution in [3.63, 3.8) is 0 Å². The predicted molar refractivity (Wildman–Crippen MR) is 58.9 cm³/mol. The van der Waals surface area contributed by atoms with Gasteiger partial charge in [0.15, 0.2) is 0 Å². The van der Waals surface area contributed by atoms with Crippen LogP contribution in [0.5, 0.6) is 0 Å². The van der Waals surface area contributed by atoms with Crippen LogP contribution in [0.2, 0.25) is 0 Å².